The Morgan fingerprint density at radius 3 is 2.65 bits per heavy atom. The minimum absolute atomic E-state index is 0.0734. The average Bonchev–Trinajstić information content (AvgIpc) is 3.26. The molecule has 0 radical (unpaired) electrons. The second-order valence-electron chi connectivity index (χ2n) is 6.74. The highest BCUT2D eigenvalue weighted by molar-refractivity contribution is 7.89. The van der Waals surface area contributed by atoms with E-state index >= 15 is 0 Å². The van der Waals surface area contributed by atoms with E-state index < -0.39 is 25.7 Å². The number of nitro groups is 1. The summed E-state index contributed by atoms with van der Waals surface area (Å²) in [6.07, 6.45) is 1.39. The molecule has 0 atom stereocenters. The SMILES string of the molecule is O=[N+]([O-])c1cc2c(c(CN(Cc3ccco3)S(=O)(=O)c3ccccc3F)c1)OCOC2. The predicted molar refractivity (Wildman–Crippen MR) is 105 cm³/mol. The zero-order valence-electron chi connectivity index (χ0n) is 16.1. The maximum absolute atomic E-state index is 14.3. The van der Waals surface area contributed by atoms with Crippen molar-refractivity contribution in [1.82, 2.24) is 4.31 Å². The molecule has 0 saturated carbocycles. The van der Waals surface area contributed by atoms with E-state index in [0.717, 1.165) is 16.4 Å². The highest BCUT2D eigenvalue weighted by Crippen LogP contribution is 2.35. The van der Waals surface area contributed by atoms with Crippen molar-refractivity contribution in [2.45, 2.75) is 24.6 Å². The van der Waals surface area contributed by atoms with Gasteiger partial charge in [0.05, 0.1) is 24.3 Å². The number of non-ortho nitro benzene ring substituents is 1. The number of nitrogens with zero attached hydrogens (tertiary/aromatic N) is 2. The van der Waals surface area contributed by atoms with Crippen molar-refractivity contribution in [3.63, 3.8) is 0 Å². The van der Waals surface area contributed by atoms with Crippen molar-refractivity contribution in [1.29, 1.82) is 0 Å². The van der Waals surface area contributed by atoms with Crippen LogP contribution in [0, 0.1) is 15.9 Å². The summed E-state index contributed by atoms with van der Waals surface area (Å²) in [4.78, 5) is 10.3. The summed E-state index contributed by atoms with van der Waals surface area (Å²) in [5.74, 6) is -0.272. The lowest BCUT2D eigenvalue weighted by atomic mass is 10.1. The number of halogens is 1. The molecule has 3 aromatic rings. The van der Waals surface area contributed by atoms with Crippen LogP contribution in [0.5, 0.6) is 5.75 Å². The van der Waals surface area contributed by atoms with Gasteiger partial charge in [-0.25, -0.2) is 12.8 Å². The average molecular weight is 448 g/mol. The number of hydrogen-bond acceptors (Lipinski definition) is 7. The molecule has 162 valence electrons. The standard InChI is InChI=1S/C20H17FN2O7S/c21-18-5-1-2-6-19(18)31(26,27)22(11-17-4-3-7-29-17)10-14-8-16(23(24)25)9-15-12-28-13-30-20(14)15/h1-9H,10-13H2. The van der Waals surface area contributed by atoms with Gasteiger partial charge in [-0.3, -0.25) is 10.1 Å². The van der Waals surface area contributed by atoms with Crippen LogP contribution >= 0.6 is 0 Å². The van der Waals surface area contributed by atoms with Crippen molar-refractivity contribution in [3.8, 4) is 5.75 Å². The van der Waals surface area contributed by atoms with Crippen LogP contribution in [0.2, 0.25) is 0 Å². The summed E-state index contributed by atoms with van der Waals surface area (Å²) < 4.78 is 57.9. The van der Waals surface area contributed by atoms with E-state index in [4.69, 9.17) is 13.9 Å². The Bertz CT molecular complexity index is 1210. The first kappa shape index (κ1) is 21.0. The Kier molecular flexibility index (Phi) is 5.72. The van der Waals surface area contributed by atoms with E-state index in [1.165, 1.54) is 30.5 Å². The van der Waals surface area contributed by atoms with Crippen molar-refractivity contribution in [2.24, 2.45) is 0 Å². The Morgan fingerprint density at radius 1 is 1.13 bits per heavy atom. The number of rotatable bonds is 7. The van der Waals surface area contributed by atoms with E-state index in [1.807, 2.05) is 0 Å². The maximum Gasteiger partial charge on any atom is 0.270 e. The van der Waals surface area contributed by atoms with Gasteiger partial charge in [0.15, 0.2) is 6.79 Å². The Hall–Kier alpha value is -3.28. The molecule has 1 aromatic heterocycles. The van der Waals surface area contributed by atoms with Crippen molar-refractivity contribution < 1.29 is 31.6 Å². The van der Waals surface area contributed by atoms with Gasteiger partial charge in [0, 0.05) is 29.8 Å². The first-order valence-corrected chi connectivity index (χ1v) is 10.6. The summed E-state index contributed by atoms with van der Waals surface area (Å²) in [6.45, 7) is -0.503. The van der Waals surface area contributed by atoms with E-state index in [0.29, 0.717) is 17.1 Å². The molecule has 1 aliphatic rings. The first-order valence-electron chi connectivity index (χ1n) is 9.14. The second-order valence-corrected chi connectivity index (χ2v) is 8.65. The lowest BCUT2D eigenvalue weighted by Gasteiger charge is -2.25. The normalized spacial score (nSPS) is 13.6. The predicted octanol–water partition coefficient (Wildman–Crippen LogP) is 3.58. The lowest BCUT2D eigenvalue weighted by molar-refractivity contribution is -0.385. The van der Waals surface area contributed by atoms with Gasteiger partial charge in [0.25, 0.3) is 5.69 Å². The molecule has 0 amide bonds. The summed E-state index contributed by atoms with van der Waals surface area (Å²) in [6, 6.07) is 10.7. The molecule has 0 aliphatic carbocycles. The van der Waals surface area contributed by atoms with Crippen molar-refractivity contribution in [2.75, 3.05) is 6.79 Å². The van der Waals surface area contributed by atoms with Gasteiger partial charge >= 0.3 is 0 Å². The molecule has 2 heterocycles. The number of benzene rings is 2. The molecule has 31 heavy (non-hydrogen) atoms. The molecule has 1 aliphatic heterocycles. The molecule has 4 rings (SSSR count). The molecule has 0 spiro atoms. The lowest BCUT2D eigenvalue weighted by Crippen LogP contribution is -2.31. The Morgan fingerprint density at radius 2 is 1.94 bits per heavy atom. The minimum Gasteiger partial charge on any atom is -0.468 e. The van der Waals surface area contributed by atoms with E-state index in [9.17, 15) is 22.9 Å². The monoisotopic (exact) mass is 448 g/mol. The topological polar surface area (TPSA) is 112 Å². The van der Waals surface area contributed by atoms with Crippen LogP contribution in [0.1, 0.15) is 16.9 Å². The molecule has 0 saturated heterocycles. The van der Waals surface area contributed by atoms with Crippen LogP contribution in [0.4, 0.5) is 10.1 Å². The number of hydrogen-bond donors (Lipinski definition) is 0. The summed E-state index contributed by atoms with van der Waals surface area (Å²) in [5.41, 5.74) is 0.458. The molecule has 0 N–H and O–H groups in total. The summed E-state index contributed by atoms with van der Waals surface area (Å²) in [5, 5.41) is 11.4. The quantitative estimate of drug-likeness (QED) is 0.401. The number of ether oxygens (including phenoxy) is 2. The fourth-order valence-corrected chi connectivity index (χ4v) is 4.74. The molecule has 0 bridgehead atoms. The van der Waals surface area contributed by atoms with Gasteiger partial charge in [-0.05, 0) is 24.3 Å². The smallest absolute Gasteiger partial charge is 0.270 e. The van der Waals surface area contributed by atoms with Crippen LogP contribution in [0.3, 0.4) is 0 Å². The number of furan rings is 1. The second kappa shape index (κ2) is 8.46. The van der Waals surface area contributed by atoms with Crippen LogP contribution in [-0.4, -0.2) is 24.4 Å². The van der Waals surface area contributed by atoms with Gasteiger partial charge in [-0.15, -0.1) is 0 Å². The molecule has 9 nitrogen and oxygen atoms in total. The minimum atomic E-state index is -4.32. The molecular weight excluding hydrogens is 431 g/mol. The van der Waals surface area contributed by atoms with Gasteiger partial charge in [0.2, 0.25) is 10.0 Å². The molecular formula is C20H17FN2O7S. The van der Waals surface area contributed by atoms with Gasteiger partial charge in [-0.2, -0.15) is 4.31 Å². The van der Waals surface area contributed by atoms with Crippen LogP contribution in [0.15, 0.2) is 64.1 Å². The zero-order chi connectivity index (χ0) is 22.0. The molecule has 0 fully saturated rings. The highest BCUT2D eigenvalue weighted by Gasteiger charge is 2.31. The maximum atomic E-state index is 14.3. The first-order chi connectivity index (χ1) is 14.9. The van der Waals surface area contributed by atoms with Crippen molar-refractivity contribution in [3.05, 3.63) is 87.6 Å². The molecule has 2 aromatic carbocycles. The Labute approximate surface area is 176 Å². The summed E-state index contributed by atoms with van der Waals surface area (Å²) >= 11 is 0. The van der Waals surface area contributed by atoms with Gasteiger partial charge in [-0.1, -0.05) is 12.1 Å². The van der Waals surface area contributed by atoms with Gasteiger partial charge < -0.3 is 13.9 Å². The number of fused-ring (bicyclic) bond motifs is 1. The third-order valence-corrected chi connectivity index (χ3v) is 6.52. The van der Waals surface area contributed by atoms with Crippen LogP contribution in [-0.2, 0) is 34.5 Å². The summed E-state index contributed by atoms with van der Waals surface area (Å²) in [7, 11) is -4.32. The fraction of sp³-hybridized carbons (Fsp3) is 0.200. The number of nitro benzene ring substituents is 1. The third kappa shape index (κ3) is 4.29. The largest absolute Gasteiger partial charge is 0.468 e. The van der Waals surface area contributed by atoms with E-state index in [1.54, 1.807) is 12.1 Å². The fourth-order valence-electron chi connectivity index (χ4n) is 3.29. The highest BCUT2D eigenvalue weighted by atomic mass is 32.2. The van der Waals surface area contributed by atoms with Crippen LogP contribution in [0.25, 0.3) is 0 Å². The Balaban J connectivity index is 1.80. The van der Waals surface area contributed by atoms with E-state index in [2.05, 4.69) is 0 Å². The van der Waals surface area contributed by atoms with E-state index in [-0.39, 0.29) is 37.7 Å². The zero-order valence-corrected chi connectivity index (χ0v) is 16.9. The van der Waals surface area contributed by atoms with Crippen LogP contribution < -0.4 is 4.74 Å². The molecule has 0 unspecified atom stereocenters. The molecule has 11 heteroatoms. The number of sulfonamides is 1. The third-order valence-electron chi connectivity index (χ3n) is 4.70. The van der Waals surface area contributed by atoms with Gasteiger partial charge in [0.1, 0.15) is 22.2 Å². The van der Waals surface area contributed by atoms with Crippen molar-refractivity contribution >= 4 is 15.7 Å².